The van der Waals surface area contributed by atoms with E-state index >= 15 is 0 Å². The Morgan fingerprint density at radius 3 is 2.80 bits per heavy atom. The van der Waals surface area contributed by atoms with Crippen molar-refractivity contribution in [1.82, 2.24) is 0 Å². The van der Waals surface area contributed by atoms with Crippen LogP contribution in [-0.4, -0.2) is 31.3 Å². The van der Waals surface area contributed by atoms with Crippen LogP contribution in [0.25, 0.3) is 0 Å². The SMILES string of the molecule is C1CN=C(C2=NCCO2)C1. The predicted molar refractivity (Wildman–Crippen MR) is 39.8 cm³/mol. The number of ether oxygens (including phenoxy) is 1. The van der Waals surface area contributed by atoms with Crippen LogP contribution in [0.15, 0.2) is 9.98 Å². The average Bonchev–Trinajstić information content (AvgIpc) is 2.59. The number of aliphatic imine (C=N–C) groups is 2. The van der Waals surface area contributed by atoms with E-state index in [9.17, 15) is 0 Å². The number of hydrogen-bond donors (Lipinski definition) is 0. The lowest BCUT2D eigenvalue weighted by Gasteiger charge is -1.97. The summed E-state index contributed by atoms with van der Waals surface area (Å²) < 4.78 is 5.26. The van der Waals surface area contributed by atoms with Gasteiger partial charge in [-0.05, 0) is 12.8 Å². The molecule has 0 saturated heterocycles. The molecule has 0 unspecified atom stereocenters. The van der Waals surface area contributed by atoms with Crippen LogP contribution in [0.3, 0.4) is 0 Å². The molecule has 0 fully saturated rings. The van der Waals surface area contributed by atoms with Gasteiger partial charge in [0.1, 0.15) is 6.61 Å². The topological polar surface area (TPSA) is 34.0 Å². The Kier molecular flexibility index (Phi) is 1.42. The first-order valence-electron chi connectivity index (χ1n) is 3.68. The highest BCUT2D eigenvalue weighted by Crippen LogP contribution is 2.08. The van der Waals surface area contributed by atoms with Crippen molar-refractivity contribution >= 4 is 11.6 Å². The molecule has 0 aromatic rings. The van der Waals surface area contributed by atoms with E-state index in [1.807, 2.05) is 0 Å². The molecule has 3 nitrogen and oxygen atoms in total. The summed E-state index contributed by atoms with van der Waals surface area (Å²) in [7, 11) is 0. The molecule has 10 heavy (non-hydrogen) atoms. The molecule has 0 aromatic carbocycles. The van der Waals surface area contributed by atoms with Crippen molar-refractivity contribution in [3.63, 3.8) is 0 Å². The second-order valence-electron chi connectivity index (χ2n) is 2.47. The first kappa shape index (κ1) is 5.89. The molecule has 0 aliphatic carbocycles. The Morgan fingerprint density at radius 1 is 1.20 bits per heavy atom. The van der Waals surface area contributed by atoms with Gasteiger partial charge in [0.2, 0.25) is 5.90 Å². The second kappa shape index (κ2) is 2.40. The van der Waals surface area contributed by atoms with Crippen molar-refractivity contribution in [2.45, 2.75) is 12.8 Å². The Hall–Kier alpha value is -0.860. The molecule has 2 aliphatic heterocycles. The van der Waals surface area contributed by atoms with Gasteiger partial charge in [-0.1, -0.05) is 0 Å². The molecule has 0 radical (unpaired) electrons. The van der Waals surface area contributed by atoms with Crippen LogP contribution in [0.5, 0.6) is 0 Å². The van der Waals surface area contributed by atoms with Crippen molar-refractivity contribution in [3.05, 3.63) is 0 Å². The standard InChI is InChI=1S/C7H10N2O/c1-2-6(8-3-1)7-9-4-5-10-7/h1-5H2. The highest BCUT2D eigenvalue weighted by Gasteiger charge is 2.17. The maximum absolute atomic E-state index is 5.26. The zero-order chi connectivity index (χ0) is 6.81. The summed E-state index contributed by atoms with van der Waals surface area (Å²) in [6.45, 7) is 2.51. The monoisotopic (exact) mass is 138 g/mol. The summed E-state index contributed by atoms with van der Waals surface area (Å²) in [5.41, 5.74) is 1.08. The second-order valence-corrected chi connectivity index (χ2v) is 2.47. The Labute approximate surface area is 59.8 Å². The molecule has 0 bridgehead atoms. The third-order valence-corrected chi connectivity index (χ3v) is 1.71. The van der Waals surface area contributed by atoms with Crippen LogP contribution in [-0.2, 0) is 4.74 Å². The average molecular weight is 138 g/mol. The summed E-state index contributed by atoms with van der Waals surface area (Å²) in [6, 6.07) is 0. The molecule has 54 valence electrons. The molecule has 0 N–H and O–H groups in total. The minimum Gasteiger partial charge on any atom is -0.475 e. The zero-order valence-electron chi connectivity index (χ0n) is 5.84. The van der Waals surface area contributed by atoms with Gasteiger partial charge in [-0.2, -0.15) is 0 Å². The molecule has 2 aliphatic rings. The fourth-order valence-electron chi connectivity index (χ4n) is 1.22. The maximum Gasteiger partial charge on any atom is 0.230 e. The summed E-state index contributed by atoms with van der Waals surface area (Å²) >= 11 is 0. The van der Waals surface area contributed by atoms with E-state index in [0.717, 1.165) is 44.1 Å². The number of nitrogens with zero attached hydrogens (tertiary/aromatic N) is 2. The van der Waals surface area contributed by atoms with Gasteiger partial charge in [0.15, 0.2) is 0 Å². The van der Waals surface area contributed by atoms with Gasteiger partial charge in [-0.15, -0.1) is 0 Å². The van der Waals surface area contributed by atoms with E-state index in [2.05, 4.69) is 9.98 Å². The molecular weight excluding hydrogens is 128 g/mol. The van der Waals surface area contributed by atoms with Crippen molar-refractivity contribution in [2.75, 3.05) is 19.7 Å². The van der Waals surface area contributed by atoms with Crippen molar-refractivity contribution < 1.29 is 4.74 Å². The van der Waals surface area contributed by atoms with Crippen LogP contribution >= 0.6 is 0 Å². The smallest absolute Gasteiger partial charge is 0.230 e. The highest BCUT2D eigenvalue weighted by molar-refractivity contribution is 6.39. The lowest BCUT2D eigenvalue weighted by Crippen LogP contribution is -2.11. The number of rotatable bonds is 1. The summed E-state index contributed by atoms with van der Waals surface area (Å²) in [6.07, 6.45) is 2.22. The lowest BCUT2D eigenvalue weighted by atomic mass is 10.2. The van der Waals surface area contributed by atoms with Gasteiger partial charge in [-0.3, -0.25) is 4.99 Å². The van der Waals surface area contributed by atoms with Crippen molar-refractivity contribution in [1.29, 1.82) is 0 Å². The van der Waals surface area contributed by atoms with E-state index < -0.39 is 0 Å². The van der Waals surface area contributed by atoms with Gasteiger partial charge < -0.3 is 4.74 Å². The van der Waals surface area contributed by atoms with Crippen LogP contribution in [0.2, 0.25) is 0 Å². The Bertz CT molecular complexity index is 174. The molecule has 0 spiro atoms. The van der Waals surface area contributed by atoms with Crippen LogP contribution in [0.4, 0.5) is 0 Å². The Balaban J connectivity index is 2.10. The van der Waals surface area contributed by atoms with E-state index in [1.54, 1.807) is 0 Å². The van der Waals surface area contributed by atoms with Crippen LogP contribution in [0.1, 0.15) is 12.8 Å². The van der Waals surface area contributed by atoms with E-state index in [0.29, 0.717) is 0 Å². The minimum absolute atomic E-state index is 0.744. The van der Waals surface area contributed by atoms with Gasteiger partial charge >= 0.3 is 0 Å². The van der Waals surface area contributed by atoms with Gasteiger partial charge in [0, 0.05) is 6.54 Å². The van der Waals surface area contributed by atoms with Crippen LogP contribution in [0, 0.1) is 0 Å². The van der Waals surface area contributed by atoms with Gasteiger partial charge in [0.25, 0.3) is 0 Å². The summed E-state index contributed by atoms with van der Waals surface area (Å²) in [4.78, 5) is 8.46. The fourth-order valence-corrected chi connectivity index (χ4v) is 1.22. The molecule has 0 saturated carbocycles. The molecule has 3 heteroatoms. The first-order chi connectivity index (χ1) is 4.97. The van der Waals surface area contributed by atoms with E-state index in [4.69, 9.17) is 4.74 Å². The molecule has 0 atom stereocenters. The molecule has 0 aromatic heterocycles. The van der Waals surface area contributed by atoms with Crippen molar-refractivity contribution in [2.24, 2.45) is 9.98 Å². The fraction of sp³-hybridized carbons (Fsp3) is 0.714. The zero-order valence-corrected chi connectivity index (χ0v) is 5.84. The largest absolute Gasteiger partial charge is 0.475 e. The normalized spacial score (nSPS) is 24.0. The molecular formula is C7H10N2O. The Morgan fingerprint density at radius 2 is 2.20 bits per heavy atom. The van der Waals surface area contributed by atoms with Gasteiger partial charge in [0.05, 0.1) is 12.3 Å². The van der Waals surface area contributed by atoms with E-state index in [1.165, 1.54) is 0 Å². The quantitative estimate of drug-likeness (QED) is 0.523. The molecule has 0 amide bonds. The maximum atomic E-state index is 5.26. The third kappa shape index (κ3) is 0.916. The van der Waals surface area contributed by atoms with E-state index in [-0.39, 0.29) is 0 Å². The van der Waals surface area contributed by atoms with Gasteiger partial charge in [-0.25, -0.2) is 4.99 Å². The lowest BCUT2D eigenvalue weighted by molar-refractivity contribution is 0.352. The van der Waals surface area contributed by atoms with Crippen LogP contribution < -0.4 is 0 Å². The summed E-state index contributed by atoms with van der Waals surface area (Å²) in [5.74, 6) is 0.803. The summed E-state index contributed by atoms with van der Waals surface area (Å²) in [5, 5.41) is 0. The number of hydrogen-bond acceptors (Lipinski definition) is 3. The van der Waals surface area contributed by atoms with Crippen molar-refractivity contribution in [3.8, 4) is 0 Å². The third-order valence-electron chi connectivity index (χ3n) is 1.71. The molecule has 2 rings (SSSR count). The molecule has 2 heterocycles. The minimum atomic E-state index is 0.744. The highest BCUT2D eigenvalue weighted by atomic mass is 16.5. The first-order valence-corrected chi connectivity index (χ1v) is 3.68. The predicted octanol–water partition coefficient (Wildman–Crippen LogP) is 0.650.